The molecule has 1 heterocycles. The summed E-state index contributed by atoms with van der Waals surface area (Å²) in [6.45, 7) is 4.23. The van der Waals surface area contributed by atoms with Gasteiger partial charge in [-0.15, -0.1) is 0 Å². The van der Waals surface area contributed by atoms with Gasteiger partial charge in [-0.2, -0.15) is 0 Å². The fraction of sp³-hybridized carbons (Fsp3) is 0.483. The van der Waals surface area contributed by atoms with Crippen LogP contribution in [0.3, 0.4) is 0 Å². The average Bonchev–Trinajstić information content (AvgIpc) is 3.44. The molecule has 4 rings (SSSR count). The van der Waals surface area contributed by atoms with Gasteiger partial charge < -0.3 is 25.4 Å². The van der Waals surface area contributed by atoms with Gasteiger partial charge in [0.2, 0.25) is 5.91 Å². The van der Waals surface area contributed by atoms with Crippen LogP contribution in [0.1, 0.15) is 48.5 Å². The molecule has 2 unspecified atom stereocenters. The third-order valence-electron chi connectivity index (χ3n) is 7.97. The molecule has 2 aromatic carbocycles. The molecule has 39 heavy (non-hydrogen) atoms. The lowest BCUT2D eigenvalue weighted by atomic mass is 9.71. The van der Waals surface area contributed by atoms with E-state index < -0.39 is 23.3 Å². The predicted octanol–water partition coefficient (Wildman–Crippen LogP) is 4.63. The van der Waals surface area contributed by atoms with E-state index in [4.69, 9.17) is 32.7 Å². The smallest absolute Gasteiger partial charge is 0.328 e. The fourth-order valence-corrected chi connectivity index (χ4v) is 6.23. The van der Waals surface area contributed by atoms with Gasteiger partial charge in [0.1, 0.15) is 6.04 Å². The molecule has 210 valence electrons. The van der Waals surface area contributed by atoms with Crippen molar-refractivity contribution in [2.24, 2.45) is 11.3 Å². The largest absolute Gasteiger partial charge is 0.467 e. The highest BCUT2D eigenvalue weighted by molar-refractivity contribution is 6.40. The second kappa shape index (κ2) is 13.1. The lowest BCUT2D eigenvalue weighted by Gasteiger charge is -2.40. The number of nitrogens with one attached hydrogen (secondary N) is 3. The molecule has 0 bridgehead atoms. The first-order chi connectivity index (χ1) is 18.7. The maximum Gasteiger partial charge on any atom is 0.328 e. The van der Waals surface area contributed by atoms with Crippen LogP contribution in [0.4, 0.5) is 5.69 Å². The lowest BCUT2D eigenvalue weighted by molar-refractivity contribution is -0.149. The second-order valence-electron chi connectivity index (χ2n) is 10.3. The first kappa shape index (κ1) is 29.3. The fourth-order valence-electron chi connectivity index (χ4n) is 5.66. The number of anilines is 1. The van der Waals surface area contributed by atoms with Gasteiger partial charge in [0.05, 0.1) is 40.8 Å². The zero-order valence-electron chi connectivity index (χ0n) is 22.2. The monoisotopic (exact) mass is 575 g/mol. The predicted molar refractivity (Wildman–Crippen MR) is 151 cm³/mol. The van der Waals surface area contributed by atoms with Crippen molar-refractivity contribution in [2.45, 2.75) is 51.2 Å². The summed E-state index contributed by atoms with van der Waals surface area (Å²) in [6.07, 6.45) is 3.65. The first-order valence-electron chi connectivity index (χ1n) is 13.3. The number of rotatable bonds is 9. The van der Waals surface area contributed by atoms with Crippen molar-refractivity contribution in [1.82, 2.24) is 10.6 Å². The standard InChI is InChI=1S/C29H35Cl2N3O5/c1-18(24-17-32-14-15-39-24)29(12-3-4-13-29)28(37)34-23(27(36)38-2)16-19-8-10-20(11-9-19)33-26(35)25-21(30)6-5-7-22(25)31/h5-11,18,23-24,32H,3-4,12-17H2,1-2H3,(H,33,35)(H,34,37)/t18?,23-,24?/m0/s1. The average molecular weight is 577 g/mol. The molecule has 0 radical (unpaired) electrons. The normalized spacial score (nSPS) is 20.1. The summed E-state index contributed by atoms with van der Waals surface area (Å²) < 4.78 is 11.0. The number of benzene rings is 2. The third kappa shape index (κ3) is 6.74. The Morgan fingerprint density at radius 2 is 1.77 bits per heavy atom. The van der Waals surface area contributed by atoms with E-state index in [0.29, 0.717) is 18.8 Å². The molecule has 1 saturated carbocycles. The maximum atomic E-state index is 13.8. The van der Waals surface area contributed by atoms with Crippen LogP contribution < -0.4 is 16.0 Å². The van der Waals surface area contributed by atoms with E-state index in [1.54, 1.807) is 42.5 Å². The number of ether oxygens (including phenoxy) is 2. The second-order valence-corrected chi connectivity index (χ2v) is 11.1. The molecule has 2 aliphatic rings. The first-order valence-corrected chi connectivity index (χ1v) is 14.1. The summed E-state index contributed by atoms with van der Waals surface area (Å²) >= 11 is 12.3. The highest BCUT2D eigenvalue weighted by atomic mass is 35.5. The number of hydrogen-bond donors (Lipinski definition) is 3. The van der Waals surface area contributed by atoms with Crippen LogP contribution in [0.25, 0.3) is 0 Å². The van der Waals surface area contributed by atoms with Crippen LogP contribution in [0.5, 0.6) is 0 Å². The molecule has 0 spiro atoms. The summed E-state index contributed by atoms with van der Waals surface area (Å²) in [7, 11) is 1.31. The molecular formula is C29H35Cl2N3O5. The highest BCUT2D eigenvalue weighted by Crippen LogP contribution is 2.46. The number of morpholine rings is 1. The molecular weight excluding hydrogens is 541 g/mol. The van der Waals surface area contributed by atoms with Crippen molar-refractivity contribution in [1.29, 1.82) is 0 Å². The molecule has 8 nitrogen and oxygen atoms in total. The molecule has 2 amide bonds. The highest BCUT2D eigenvalue weighted by Gasteiger charge is 2.49. The number of amides is 2. The van der Waals surface area contributed by atoms with Crippen LogP contribution in [0.2, 0.25) is 10.0 Å². The Bertz CT molecular complexity index is 1160. The number of hydrogen-bond acceptors (Lipinski definition) is 6. The third-order valence-corrected chi connectivity index (χ3v) is 8.60. The minimum Gasteiger partial charge on any atom is -0.467 e. The quantitative estimate of drug-likeness (QED) is 0.376. The van der Waals surface area contributed by atoms with E-state index in [1.165, 1.54) is 7.11 Å². The summed E-state index contributed by atoms with van der Waals surface area (Å²) in [5, 5.41) is 9.67. The van der Waals surface area contributed by atoms with Gasteiger partial charge >= 0.3 is 5.97 Å². The van der Waals surface area contributed by atoms with Gasteiger partial charge in [0, 0.05) is 25.2 Å². The zero-order valence-corrected chi connectivity index (χ0v) is 23.7. The van der Waals surface area contributed by atoms with Gasteiger partial charge in [0.15, 0.2) is 0 Å². The van der Waals surface area contributed by atoms with Crippen LogP contribution >= 0.6 is 23.2 Å². The minimum absolute atomic E-state index is 0.000568. The summed E-state index contributed by atoms with van der Waals surface area (Å²) in [5.41, 5.74) is 0.943. The van der Waals surface area contributed by atoms with E-state index in [-0.39, 0.29) is 40.0 Å². The summed E-state index contributed by atoms with van der Waals surface area (Å²) in [6, 6.07) is 11.1. The van der Waals surface area contributed by atoms with Gasteiger partial charge in [0.25, 0.3) is 5.91 Å². The SMILES string of the molecule is COC(=O)[C@H](Cc1ccc(NC(=O)c2c(Cl)cccc2Cl)cc1)NC(=O)C1(C(C)C2CNCCO2)CCCC1. The van der Waals surface area contributed by atoms with E-state index in [0.717, 1.165) is 37.8 Å². The summed E-state index contributed by atoms with van der Waals surface area (Å²) in [5.74, 6) is -1.06. The van der Waals surface area contributed by atoms with Crippen LogP contribution in [0.15, 0.2) is 42.5 Å². The number of methoxy groups -OCH3 is 1. The number of esters is 1. The maximum absolute atomic E-state index is 13.8. The molecule has 1 aliphatic carbocycles. The van der Waals surface area contributed by atoms with Crippen molar-refractivity contribution in [3.8, 4) is 0 Å². The Labute approximate surface area is 239 Å². The molecule has 3 N–H and O–H groups in total. The Morgan fingerprint density at radius 3 is 2.36 bits per heavy atom. The molecule has 0 aromatic heterocycles. The van der Waals surface area contributed by atoms with Gasteiger partial charge in [-0.3, -0.25) is 9.59 Å². The lowest BCUT2D eigenvalue weighted by Crippen LogP contribution is -2.55. The number of carbonyl (C=O) groups is 3. The Morgan fingerprint density at radius 1 is 1.10 bits per heavy atom. The Hall–Kier alpha value is -2.65. The Balaban J connectivity index is 1.45. The van der Waals surface area contributed by atoms with Crippen molar-refractivity contribution >= 4 is 46.7 Å². The zero-order chi connectivity index (χ0) is 28.0. The van der Waals surface area contributed by atoms with E-state index >= 15 is 0 Å². The Kier molecular flexibility index (Phi) is 9.88. The van der Waals surface area contributed by atoms with Crippen molar-refractivity contribution < 1.29 is 23.9 Å². The van der Waals surface area contributed by atoms with E-state index in [1.807, 2.05) is 0 Å². The number of carbonyl (C=O) groups excluding carboxylic acids is 3. The summed E-state index contributed by atoms with van der Waals surface area (Å²) in [4.78, 5) is 39.2. The van der Waals surface area contributed by atoms with Crippen LogP contribution in [0, 0.1) is 11.3 Å². The molecule has 10 heteroatoms. The van der Waals surface area contributed by atoms with Crippen molar-refractivity contribution in [3.63, 3.8) is 0 Å². The van der Waals surface area contributed by atoms with Gasteiger partial charge in [-0.1, -0.05) is 61.2 Å². The molecule has 3 atom stereocenters. The number of halogens is 2. The molecule has 2 fully saturated rings. The molecule has 1 aliphatic heterocycles. The molecule has 2 aromatic rings. The van der Waals surface area contributed by atoms with Crippen molar-refractivity contribution in [3.05, 3.63) is 63.6 Å². The van der Waals surface area contributed by atoms with Crippen molar-refractivity contribution in [2.75, 3.05) is 32.1 Å². The van der Waals surface area contributed by atoms with Crippen LogP contribution in [-0.2, 0) is 25.5 Å². The molecule has 1 saturated heterocycles. The topological polar surface area (TPSA) is 106 Å². The minimum atomic E-state index is -0.847. The van der Waals surface area contributed by atoms with Gasteiger partial charge in [-0.25, -0.2) is 4.79 Å². The van der Waals surface area contributed by atoms with E-state index in [9.17, 15) is 14.4 Å². The van der Waals surface area contributed by atoms with Crippen LogP contribution in [-0.4, -0.2) is 56.7 Å². The van der Waals surface area contributed by atoms with Gasteiger partial charge in [-0.05, 0) is 48.6 Å². The van der Waals surface area contributed by atoms with E-state index in [2.05, 4.69) is 22.9 Å².